The Labute approximate surface area is 119 Å². The fourth-order valence-corrected chi connectivity index (χ4v) is 2.37. The summed E-state index contributed by atoms with van der Waals surface area (Å²) in [7, 11) is 1.35. The highest BCUT2D eigenvalue weighted by molar-refractivity contribution is 5.87. The smallest absolute Gasteiger partial charge is 0.376 e. The molecule has 1 saturated heterocycles. The molecule has 20 heavy (non-hydrogen) atoms. The lowest BCUT2D eigenvalue weighted by molar-refractivity contribution is 0.0558. The summed E-state index contributed by atoms with van der Waals surface area (Å²) >= 11 is 0. The molecule has 0 aliphatic carbocycles. The molecule has 5 heteroatoms. The number of nitrogens with zero attached hydrogens (tertiary/aromatic N) is 1. The zero-order valence-corrected chi connectivity index (χ0v) is 12.7. The van der Waals surface area contributed by atoms with Crippen LogP contribution in [0.2, 0.25) is 0 Å². The summed E-state index contributed by atoms with van der Waals surface area (Å²) in [4.78, 5) is 16.3. The number of aryl methyl sites for hydroxylation is 1. The van der Waals surface area contributed by atoms with Gasteiger partial charge in [-0.25, -0.2) is 9.78 Å². The van der Waals surface area contributed by atoms with E-state index < -0.39 is 5.97 Å². The molecule has 1 fully saturated rings. The Kier molecular flexibility index (Phi) is 4.48. The molecular weight excluding hydrogens is 258 g/mol. The predicted octanol–water partition coefficient (Wildman–Crippen LogP) is 2.87. The molecule has 0 saturated carbocycles. The summed E-state index contributed by atoms with van der Waals surface area (Å²) in [6.07, 6.45) is 4.07. The van der Waals surface area contributed by atoms with Gasteiger partial charge in [-0.2, -0.15) is 0 Å². The predicted molar refractivity (Wildman–Crippen MR) is 73.8 cm³/mol. The average Bonchev–Trinajstić information content (AvgIpc) is 3.03. The van der Waals surface area contributed by atoms with E-state index in [1.54, 1.807) is 0 Å². The van der Waals surface area contributed by atoms with E-state index in [-0.39, 0.29) is 11.2 Å². The molecule has 1 atom stereocenters. The number of hydrogen-bond donors (Lipinski definition) is 0. The molecule has 0 radical (unpaired) electrons. The van der Waals surface area contributed by atoms with E-state index in [1.807, 2.05) is 20.8 Å². The van der Waals surface area contributed by atoms with Crippen molar-refractivity contribution in [2.24, 2.45) is 0 Å². The normalized spacial score (nSPS) is 19.3. The Morgan fingerprint density at radius 2 is 2.20 bits per heavy atom. The molecular formula is C15H23NO4. The molecule has 112 valence electrons. The van der Waals surface area contributed by atoms with Gasteiger partial charge in [0.05, 0.1) is 18.9 Å². The molecule has 1 unspecified atom stereocenters. The van der Waals surface area contributed by atoms with Gasteiger partial charge in [-0.1, -0.05) is 20.8 Å². The minimum Gasteiger partial charge on any atom is -0.463 e. The van der Waals surface area contributed by atoms with Crippen molar-refractivity contribution in [2.75, 3.05) is 13.7 Å². The summed E-state index contributed by atoms with van der Waals surface area (Å²) in [6, 6.07) is 0. The van der Waals surface area contributed by atoms with Crippen molar-refractivity contribution in [3.8, 4) is 0 Å². The first-order chi connectivity index (χ1) is 9.41. The lowest BCUT2D eigenvalue weighted by Crippen LogP contribution is -2.17. The second-order valence-corrected chi connectivity index (χ2v) is 6.20. The van der Waals surface area contributed by atoms with Crippen molar-refractivity contribution >= 4 is 5.97 Å². The van der Waals surface area contributed by atoms with Crippen LogP contribution in [-0.4, -0.2) is 30.8 Å². The summed E-state index contributed by atoms with van der Waals surface area (Å²) < 4.78 is 16.0. The van der Waals surface area contributed by atoms with E-state index in [9.17, 15) is 4.79 Å². The van der Waals surface area contributed by atoms with Gasteiger partial charge in [-0.15, -0.1) is 0 Å². The number of ether oxygens (including phenoxy) is 2. The molecule has 2 heterocycles. The fourth-order valence-electron chi connectivity index (χ4n) is 2.37. The lowest BCUT2D eigenvalue weighted by Gasteiger charge is -2.15. The molecule has 1 aliphatic heterocycles. The number of rotatable bonds is 4. The molecule has 0 N–H and O–H groups in total. The van der Waals surface area contributed by atoms with E-state index in [0.717, 1.165) is 25.9 Å². The third-order valence-electron chi connectivity index (χ3n) is 3.46. The van der Waals surface area contributed by atoms with Gasteiger partial charge in [0.2, 0.25) is 5.76 Å². The van der Waals surface area contributed by atoms with E-state index in [4.69, 9.17) is 13.9 Å². The Hall–Kier alpha value is -1.36. The van der Waals surface area contributed by atoms with Crippen LogP contribution in [0.15, 0.2) is 4.42 Å². The van der Waals surface area contributed by atoms with E-state index in [1.165, 1.54) is 7.11 Å². The number of aromatic nitrogens is 1. The van der Waals surface area contributed by atoms with Crippen LogP contribution in [0.4, 0.5) is 0 Å². The third kappa shape index (κ3) is 3.39. The van der Waals surface area contributed by atoms with Crippen LogP contribution in [0.5, 0.6) is 0 Å². The molecule has 0 bridgehead atoms. The van der Waals surface area contributed by atoms with Crippen molar-refractivity contribution in [1.29, 1.82) is 0 Å². The Bertz CT molecular complexity index is 467. The van der Waals surface area contributed by atoms with E-state index in [0.29, 0.717) is 24.1 Å². The van der Waals surface area contributed by atoms with Gasteiger partial charge in [0.1, 0.15) is 0 Å². The molecule has 0 amide bonds. The van der Waals surface area contributed by atoms with Crippen LogP contribution < -0.4 is 0 Å². The minimum atomic E-state index is -0.467. The zero-order chi connectivity index (χ0) is 14.8. The summed E-state index contributed by atoms with van der Waals surface area (Å²) in [5, 5.41) is 0. The Morgan fingerprint density at radius 3 is 2.75 bits per heavy atom. The van der Waals surface area contributed by atoms with Crippen molar-refractivity contribution in [3.63, 3.8) is 0 Å². The fraction of sp³-hybridized carbons (Fsp3) is 0.733. The van der Waals surface area contributed by atoms with Gasteiger partial charge in [0, 0.05) is 18.4 Å². The number of oxazole rings is 1. The number of esters is 1. The quantitative estimate of drug-likeness (QED) is 0.794. The number of hydrogen-bond acceptors (Lipinski definition) is 5. The van der Waals surface area contributed by atoms with Gasteiger partial charge in [-0.05, 0) is 19.3 Å². The highest BCUT2D eigenvalue weighted by Gasteiger charge is 2.29. The van der Waals surface area contributed by atoms with Crippen LogP contribution in [0.1, 0.15) is 62.2 Å². The standard InChI is InChI=1S/C15H23NO4/c1-15(2,3)13-12(14(17)18-4)20-11(16-13)8-7-10-6-5-9-19-10/h10H,5-9H2,1-4H3. The molecule has 1 aromatic heterocycles. The summed E-state index contributed by atoms with van der Waals surface area (Å²) in [6.45, 7) is 6.85. The topological polar surface area (TPSA) is 61.6 Å². The maximum atomic E-state index is 11.8. The van der Waals surface area contributed by atoms with Gasteiger partial charge < -0.3 is 13.9 Å². The van der Waals surface area contributed by atoms with Crippen molar-refractivity contribution < 1.29 is 18.7 Å². The largest absolute Gasteiger partial charge is 0.463 e. The number of methoxy groups -OCH3 is 1. The molecule has 5 nitrogen and oxygen atoms in total. The first-order valence-electron chi connectivity index (χ1n) is 7.12. The molecule has 0 aromatic carbocycles. The van der Waals surface area contributed by atoms with Crippen LogP contribution in [0, 0.1) is 0 Å². The average molecular weight is 281 g/mol. The Balaban J connectivity index is 2.13. The highest BCUT2D eigenvalue weighted by Crippen LogP contribution is 2.27. The minimum absolute atomic E-state index is 0.224. The van der Waals surface area contributed by atoms with Gasteiger partial charge in [-0.3, -0.25) is 0 Å². The first-order valence-corrected chi connectivity index (χ1v) is 7.12. The molecule has 2 rings (SSSR count). The second-order valence-electron chi connectivity index (χ2n) is 6.20. The van der Waals surface area contributed by atoms with Crippen LogP contribution >= 0.6 is 0 Å². The number of carbonyl (C=O) groups excluding carboxylic acids is 1. The SMILES string of the molecule is COC(=O)c1oc(CCC2CCCO2)nc1C(C)(C)C. The third-order valence-corrected chi connectivity index (χ3v) is 3.46. The monoisotopic (exact) mass is 281 g/mol. The molecule has 0 spiro atoms. The Morgan fingerprint density at radius 1 is 1.45 bits per heavy atom. The summed E-state index contributed by atoms with van der Waals surface area (Å²) in [5.74, 6) is 0.346. The second kappa shape index (κ2) is 5.95. The van der Waals surface area contributed by atoms with Crippen LogP contribution in [0.3, 0.4) is 0 Å². The zero-order valence-electron chi connectivity index (χ0n) is 12.7. The maximum Gasteiger partial charge on any atom is 0.376 e. The summed E-state index contributed by atoms with van der Waals surface area (Å²) in [5.41, 5.74) is 0.404. The number of carbonyl (C=O) groups is 1. The van der Waals surface area contributed by atoms with Gasteiger partial charge in [0.15, 0.2) is 5.89 Å². The first kappa shape index (κ1) is 15.0. The maximum absolute atomic E-state index is 11.8. The van der Waals surface area contributed by atoms with E-state index in [2.05, 4.69) is 4.98 Å². The van der Waals surface area contributed by atoms with E-state index >= 15 is 0 Å². The van der Waals surface area contributed by atoms with Crippen molar-refractivity contribution in [3.05, 3.63) is 17.3 Å². The van der Waals surface area contributed by atoms with Crippen molar-refractivity contribution in [1.82, 2.24) is 4.98 Å². The lowest BCUT2D eigenvalue weighted by atomic mass is 9.91. The van der Waals surface area contributed by atoms with Crippen LogP contribution in [0.25, 0.3) is 0 Å². The van der Waals surface area contributed by atoms with Gasteiger partial charge >= 0.3 is 5.97 Å². The van der Waals surface area contributed by atoms with Gasteiger partial charge in [0.25, 0.3) is 0 Å². The van der Waals surface area contributed by atoms with Crippen molar-refractivity contribution in [2.45, 2.75) is 58.0 Å². The molecule has 1 aliphatic rings. The highest BCUT2D eigenvalue weighted by atomic mass is 16.5. The molecule has 1 aromatic rings. The van der Waals surface area contributed by atoms with Crippen LogP contribution in [-0.2, 0) is 21.3 Å².